The highest BCUT2D eigenvalue weighted by molar-refractivity contribution is 5.53. The van der Waals surface area contributed by atoms with Gasteiger partial charge in [-0.2, -0.15) is 0 Å². The Morgan fingerprint density at radius 3 is 2.41 bits per heavy atom. The molecule has 1 aliphatic rings. The number of hydrogen-bond acceptors (Lipinski definition) is 3. The van der Waals surface area contributed by atoms with Crippen LogP contribution in [-0.4, -0.2) is 49.6 Å². The second-order valence-electron chi connectivity index (χ2n) is 4.67. The van der Waals surface area contributed by atoms with E-state index in [9.17, 15) is 0 Å². The minimum absolute atomic E-state index is 0.821. The number of hydrogen-bond donors (Lipinski definition) is 1. The SMILES string of the molecule is CN1CCN(CC=Cc2ccc(N)cc2)CC1. The van der Waals surface area contributed by atoms with Gasteiger partial charge in [-0.05, 0) is 24.7 Å². The third kappa shape index (κ3) is 3.88. The van der Waals surface area contributed by atoms with E-state index in [1.807, 2.05) is 12.1 Å². The molecule has 1 aliphatic heterocycles. The van der Waals surface area contributed by atoms with Crippen molar-refractivity contribution in [3.8, 4) is 0 Å². The minimum atomic E-state index is 0.821. The average Bonchev–Trinajstić information content (AvgIpc) is 2.34. The summed E-state index contributed by atoms with van der Waals surface area (Å²) >= 11 is 0. The van der Waals surface area contributed by atoms with E-state index in [1.165, 1.54) is 31.7 Å². The molecule has 0 radical (unpaired) electrons. The van der Waals surface area contributed by atoms with Gasteiger partial charge in [-0.3, -0.25) is 4.90 Å². The molecule has 0 aliphatic carbocycles. The zero-order valence-corrected chi connectivity index (χ0v) is 10.5. The Morgan fingerprint density at radius 1 is 1.12 bits per heavy atom. The van der Waals surface area contributed by atoms with Crippen LogP contribution < -0.4 is 5.73 Å². The lowest BCUT2D eigenvalue weighted by Gasteiger charge is -2.31. The summed E-state index contributed by atoms with van der Waals surface area (Å²) in [5.74, 6) is 0. The molecule has 0 bridgehead atoms. The molecule has 0 atom stereocenters. The molecule has 0 unspecified atom stereocenters. The van der Waals surface area contributed by atoms with Gasteiger partial charge in [-0.1, -0.05) is 24.3 Å². The second kappa shape index (κ2) is 5.84. The van der Waals surface area contributed by atoms with Gasteiger partial charge in [-0.25, -0.2) is 0 Å². The number of rotatable bonds is 3. The van der Waals surface area contributed by atoms with Crippen molar-refractivity contribution >= 4 is 11.8 Å². The van der Waals surface area contributed by atoms with E-state index in [0.29, 0.717) is 0 Å². The predicted molar refractivity (Wildman–Crippen MR) is 73.8 cm³/mol. The molecule has 0 aromatic heterocycles. The number of likely N-dealkylation sites (N-methyl/N-ethyl adjacent to an activating group) is 1. The first-order chi connectivity index (χ1) is 8.24. The Kier molecular flexibility index (Phi) is 4.18. The molecule has 92 valence electrons. The van der Waals surface area contributed by atoms with Crippen molar-refractivity contribution < 1.29 is 0 Å². The van der Waals surface area contributed by atoms with E-state index in [-0.39, 0.29) is 0 Å². The molecule has 1 fully saturated rings. The van der Waals surface area contributed by atoms with Crippen LogP contribution in [0, 0.1) is 0 Å². The quantitative estimate of drug-likeness (QED) is 0.801. The van der Waals surface area contributed by atoms with Gasteiger partial charge < -0.3 is 10.6 Å². The summed E-state index contributed by atoms with van der Waals surface area (Å²) in [5.41, 5.74) is 7.68. The summed E-state index contributed by atoms with van der Waals surface area (Å²) in [5, 5.41) is 0. The van der Waals surface area contributed by atoms with Gasteiger partial charge in [0.05, 0.1) is 0 Å². The Bertz CT molecular complexity index is 362. The van der Waals surface area contributed by atoms with Crippen molar-refractivity contribution in [2.45, 2.75) is 0 Å². The molecule has 2 rings (SSSR count). The maximum atomic E-state index is 5.65. The first-order valence-electron chi connectivity index (χ1n) is 6.17. The average molecular weight is 231 g/mol. The molecular weight excluding hydrogens is 210 g/mol. The maximum Gasteiger partial charge on any atom is 0.0314 e. The van der Waals surface area contributed by atoms with Crippen LogP contribution in [0.15, 0.2) is 30.3 Å². The van der Waals surface area contributed by atoms with Gasteiger partial charge in [0, 0.05) is 38.4 Å². The number of benzene rings is 1. The molecule has 0 spiro atoms. The molecule has 17 heavy (non-hydrogen) atoms. The molecule has 1 heterocycles. The van der Waals surface area contributed by atoms with Crippen LogP contribution in [0.4, 0.5) is 5.69 Å². The number of nitrogens with zero attached hydrogens (tertiary/aromatic N) is 2. The summed E-state index contributed by atoms with van der Waals surface area (Å²) in [7, 11) is 2.18. The summed E-state index contributed by atoms with van der Waals surface area (Å²) in [6.45, 7) is 5.73. The van der Waals surface area contributed by atoms with Crippen molar-refractivity contribution in [2.24, 2.45) is 0 Å². The van der Waals surface area contributed by atoms with E-state index in [4.69, 9.17) is 5.73 Å². The lowest BCUT2D eigenvalue weighted by atomic mass is 10.2. The Hall–Kier alpha value is -1.32. The first-order valence-corrected chi connectivity index (χ1v) is 6.17. The Labute approximate surface area is 104 Å². The van der Waals surface area contributed by atoms with Crippen LogP contribution in [0.1, 0.15) is 5.56 Å². The largest absolute Gasteiger partial charge is 0.399 e. The molecule has 0 saturated carbocycles. The summed E-state index contributed by atoms with van der Waals surface area (Å²) in [6, 6.07) is 7.98. The van der Waals surface area contributed by atoms with Crippen molar-refractivity contribution in [1.82, 2.24) is 9.80 Å². The number of anilines is 1. The van der Waals surface area contributed by atoms with Crippen LogP contribution in [0.5, 0.6) is 0 Å². The van der Waals surface area contributed by atoms with E-state index in [0.717, 1.165) is 12.2 Å². The lowest BCUT2D eigenvalue weighted by molar-refractivity contribution is 0.167. The Morgan fingerprint density at radius 2 is 1.76 bits per heavy atom. The van der Waals surface area contributed by atoms with Gasteiger partial charge in [0.2, 0.25) is 0 Å². The van der Waals surface area contributed by atoms with E-state index >= 15 is 0 Å². The third-order valence-electron chi connectivity index (χ3n) is 3.21. The molecule has 1 aromatic carbocycles. The van der Waals surface area contributed by atoms with Crippen LogP contribution in [-0.2, 0) is 0 Å². The lowest BCUT2D eigenvalue weighted by Crippen LogP contribution is -2.44. The summed E-state index contributed by atoms with van der Waals surface area (Å²) in [4.78, 5) is 4.86. The monoisotopic (exact) mass is 231 g/mol. The maximum absolute atomic E-state index is 5.65. The third-order valence-corrected chi connectivity index (χ3v) is 3.21. The van der Waals surface area contributed by atoms with Gasteiger partial charge in [-0.15, -0.1) is 0 Å². The second-order valence-corrected chi connectivity index (χ2v) is 4.67. The van der Waals surface area contributed by atoms with E-state index in [1.54, 1.807) is 0 Å². The minimum Gasteiger partial charge on any atom is -0.399 e. The van der Waals surface area contributed by atoms with Crippen LogP contribution in [0.25, 0.3) is 6.08 Å². The highest BCUT2D eigenvalue weighted by Gasteiger charge is 2.11. The van der Waals surface area contributed by atoms with Crippen LogP contribution in [0.3, 0.4) is 0 Å². The van der Waals surface area contributed by atoms with Crippen molar-refractivity contribution in [2.75, 3.05) is 45.5 Å². The number of nitrogen functional groups attached to an aromatic ring is 1. The van der Waals surface area contributed by atoms with Gasteiger partial charge in [0.25, 0.3) is 0 Å². The fraction of sp³-hybridized carbons (Fsp3) is 0.429. The van der Waals surface area contributed by atoms with Gasteiger partial charge in [0.15, 0.2) is 0 Å². The summed E-state index contributed by atoms with van der Waals surface area (Å²) < 4.78 is 0. The zero-order valence-electron chi connectivity index (χ0n) is 10.5. The fourth-order valence-corrected chi connectivity index (χ4v) is 1.98. The van der Waals surface area contributed by atoms with Crippen molar-refractivity contribution in [1.29, 1.82) is 0 Å². The normalized spacial score (nSPS) is 18.9. The van der Waals surface area contributed by atoms with E-state index in [2.05, 4.69) is 41.1 Å². The van der Waals surface area contributed by atoms with Crippen molar-refractivity contribution in [3.05, 3.63) is 35.9 Å². The molecular formula is C14H21N3. The standard InChI is InChI=1S/C14H21N3/c1-16-9-11-17(12-10-16)8-2-3-13-4-6-14(15)7-5-13/h2-7H,8-12,15H2,1H3. The summed E-state index contributed by atoms with van der Waals surface area (Å²) in [6.07, 6.45) is 4.40. The smallest absolute Gasteiger partial charge is 0.0314 e. The molecule has 1 saturated heterocycles. The first kappa shape index (κ1) is 12.1. The van der Waals surface area contributed by atoms with Gasteiger partial charge >= 0.3 is 0 Å². The highest BCUT2D eigenvalue weighted by atomic mass is 15.2. The molecule has 1 aromatic rings. The highest BCUT2D eigenvalue weighted by Crippen LogP contribution is 2.07. The molecule has 3 heteroatoms. The van der Waals surface area contributed by atoms with Gasteiger partial charge in [0.1, 0.15) is 0 Å². The van der Waals surface area contributed by atoms with E-state index < -0.39 is 0 Å². The fourth-order valence-electron chi connectivity index (χ4n) is 1.98. The van der Waals surface area contributed by atoms with Crippen LogP contribution in [0.2, 0.25) is 0 Å². The molecule has 3 nitrogen and oxygen atoms in total. The van der Waals surface area contributed by atoms with Crippen molar-refractivity contribution in [3.63, 3.8) is 0 Å². The number of nitrogens with two attached hydrogens (primary N) is 1. The Balaban J connectivity index is 1.79. The topological polar surface area (TPSA) is 32.5 Å². The predicted octanol–water partition coefficient (Wildman–Crippen LogP) is 1.53. The van der Waals surface area contributed by atoms with Crippen LogP contribution >= 0.6 is 0 Å². The number of piperazine rings is 1. The zero-order chi connectivity index (χ0) is 12.1. The molecule has 2 N–H and O–H groups in total. The molecule has 0 amide bonds.